The molecular formula is C16H17. The van der Waals surface area contributed by atoms with Gasteiger partial charge in [-0.1, -0.05) is 55.5 Å². The van der Waals surface area contributed by atoms with E-state index in [1.807, 2.05) is 12.1 Å². The Morgan fingerprint density at radius 2 is 1.56 bits per heavy atom. The maximum Gasteiger partial charge on any atom is -0.0184 e. The predicted molar refractivity (Wildman–Crippen MR) is 68.5 cm³/mol. The second-order valence-electron chi connectivity index (χ2n) is 4.08. The van der Waals surface area contributed by atoms with Gasteiger partial charge >= 0.3 is 0 Å². The van der Waals surface area contributed by atoms with Crippen molar-refractivity contribution in [2.75, 3.05) is 0 Å². The first kappa shape index (κ1) is 10.9. The lowest BCUT2D eigenvalue weighted by molar-refractivity contribution is 0.953. The van der Waals surface area contributed by atoms with Crippen molar-refractivity contribution in [3.63, 3.8) is 0 Å². The summed E-state index contributed by atoms with van der Waals surface area (Å²) in [4.78, 5) is 0. The molecule has 0 spiro atoms. The first-order valence-electron chi connectivity index (χ1n) is 5.91. The van der Waals surface area contributed by atoms with E-state index in [4.69, 9.17) is 0 Å². The molecule has 81 valence electrons. The molecule has 0 N–H and O–H groups in total. The SMILES string of the molecule is CCc1cccc(CCc2cc[c]cc2)c1. The molecule has 0 saturated carbocycles. The third-order valence-electron chi connectivity index (χ3n) is 2.89. The van der Waals surface area contributed by atoms with E-state index in [-0.39, 0.29) is 0 Å². The van der Waals surface area contributed by atoms with Crippen LogP contribution in [0.4, 0.5) is 0 Å². The topological polar surface area (TPSA) is 0 Å². The molecule has 0 aliphatic carbocycles. The predicted octanol–water partition coefficient (Wildman–Crippen LogP) is 3.83. The summed E-state index contributed by atoms with van der Waals surface area (Å²) in [6.45, 7) is 2.20. The van der Waals surface area contributed by atoms with Gasteiger partial charge in [0.2, 0.25) is 0 Å². The summed E-state index contributed by atoms with van der Waals surface area (Å²) in [6, 6.07) is 20.2. The van der Waals surface area contributed by atoms with Crippen molar-refractivity contribution in [3.05, 3.63) is 71.3 Å². The summed E-state index contributed by atoms with van der Waals surface area (Å²) in [7, 11) is 0. The minimum atomic E-state index is 1.11. The molecule has 0 nitrogen and oxygen atoms in total. The maximum absolute atomic E-state index is 3.05. The Bertz CT molecular complexity index is 429. The van der Waals surface area contributed by atoms with Crippen LogP contribution in [0.2, 0.25) is 0 Å². The minimum Gasteiger partial charge on any atom is -0.0617 e. The van der Waals surface area contributed by atoms with E-state index >= 15 is 0 Å². The first-order valence-corrected chi connectivity index (χ1v) is 5.91. The van der Waals surface area contributed by atoms with Crippen LogP contribution in [-0.2, 0) is 19.3 Å². The highest BCUT2D eigenvalue weighted by molar-refractivity contribution is 5.25. The maximum atomic E-state index is 3.05. The second kappa shape index (κ2) is 5.50. The Morgan fingerprint density at radius 3 is 2.31 bits per heavy atom. The van der Waals surface area contributed by atoms with Gasteiger partial charge in [-0.3, -0.25) is 0 Å². The Kier molecular flexibility index (Phi) is 3.76. The number of aryl methyl sites for hydroxylation is 3. The van der Waals surface area contributed by atoms with Crippen LogP contribution in [0.5, 0.6) is 0 Å². The highest BCUT2D eigenvalue weighted by Crippen LogP contribution is 2.10. The van der Waals surface area contributed by atoms with Crippen molar-refractivity contribution in [3.8, 4) is 0 Å². The van der Waals surface area contributed by atoms with Gasteiger partial charge in [0.1, 0.15) is 0 Å². The van der Waals surface area contributed by atoms with E-state index < -0.39 is 0 Å². The summed E-state index contributed by atoms with van der Waals surface area (Å²) in [5.74, 6) is 0. The van der Waals surface area contributed by atoms with Crippen LogP contribution in [0.3, 0.4) is 0 Å². The molecule has 0 saturated heterocycles. The molecule has 16 heavy (non-hydrogen) atoms. The van der Waals surface area contributed by atoms with Crippen LogP contribution in [0.1, 0.15) is 23.6 Å². The van der Waals surface area contributed by atoms with Crippen molar-refractivity contribution >= 4 is 0 Å². The summed E-state index contributed by atoms with van der Waals surface area (Å²) >= 11 is 0. The molecule has 2 aromatic carbocycles. The largest absolute Gasteiger partial charge is 0.0617 e. The van der Waals surface area contributed by atoms with Crippen LogP contribution >= 0.6 is 0 Å². The van der Waals surface area contributed by atoms with Gasteiger partial charge in [0, 0.05) is 0 Å². The van der Waals surface area contributed by atoms with Gasteiger partial charge in [0.25, 0.3) is 0 Å². The molecule has 0 amide bonds. The lowest BCUT2D eigenvalue weighted by atomic mass is 10.0. The van der Waals surface area contributed by atoms with Crippen LogP contribution in [0, 0.1) is 6.07 Å². The van der Waals surface area contributed by atoms with Crippen LogP contribution < -0.4 is 0 Å². The fourth-order valence-corrected chi connectivity index (χ4v) is 1.88. The zero-order chi connectivity index (χ0) is 11.2. The zero-order valence-electron chi connectivity index (χ0n) is 9.74. The van der Waals surface area contributed by atoms with Crippen molar-refractivity contribution in [2.45, 2.75) is 26.2 Å². The molecule has 0 heteroatoms. The number of benzene rings is 2. The van der Waals surface area contributed by atoms with Gasteiger partial charge in [0.15, 0.2) is 0 Å². The average molecular weight is 209 g/mol. The van der Waals surface area contributed by atoms with Gasteiger partial charge in [-0.05, 0) is 42.0 Å². The molecule has 0 aliphatic rings. The van der Waals surface area contributed by atoms with Gasteiger partial charge in [-0.25, -0.2) is 0 Å². The van der Waals surface area contributed by atoms with Crippen LogP contribution in [0.25, 0.3) is 0 Å². The van der Waals surface area contributed by atoms with Crippen molar-refractivity contribution in [1.29, 1.82) is 0 Å². The highest BCUT2D eigenvalue weighted by atomic mass is 14.0. The summed E-state index contributed by atoms with van der Waals surface area (Å²) in [5.41, 5.74) is 4.26. The minimum absolute atomic E-state index is 1.11. The van der Waals surface area contributed by atoms with Gasteiger partial charge in [-0.2, -0.15) is 0 Å². The van der Waals surface area contributed by atoms with Crippen molar-refractivity contribution in [2.24, 2.45) is 0 Å². The van der Waals surface area contributed by atoms with Gasteiger partial charge in [-0.15, -0.1) is 0 Å². The van der Waals surface area contributed by atoms with E-state index in [2.05, 4.69) is 49.4 Å². The molecule has 0 atom stereocenters. The Balaban J connectivity index is 1.99. The van der Waals surface area contributed by atoms with Crippen LogP contribution in [0.15, 0.2) is 48.5 Å². The fourth-order valence-electron chi connectivity index (χ4n) is 1.88. The Morgan fingerprint density at radius 1 is 0.875 bits per heavy atom. The number of rotatable bonds is 4. The molecule has 0 aromatic heterocycles. The van der Waals surface area contributed by atoms with Crippen molar-refractivity contribution < 1.29 is 0 Å². The molecule has 1 radical (unpaired) electrons. The highest BCUT2D eigenvalue weighted by Gasteiger charge is 1.96. The van der Waals surface area contributed by atoms with Gasteiger partial charge < -0.3 is 0 Å². The second-order valence-corrected chi connectivity index (χ2v) is 4.08. The van der Waals surface area contributed by atoms with E-state index in [9.17, 15) is 0 Å². The van der Waals surface area contributed by atoms with Crippen molar-refractivity contribution in [1.82, 2.24) is 0 Å². The third kappa shape index (κ3) is 2.96. The van der Waals surface area contributed by atoms with Crippen LogP contribution in [-0.4, -0.2) is 0 Å². The Labute approximate surface area is 97.9 Å². The lowest BCUT2D eigenvalue weighted by Crippen LogP contribution is -1.92. The van der Waals surface area contributed by atoms with E-state index in [1.165, 1.54) is 16.7 Å². The van der Waals surface area contributed by atoms with E-state index in [0.29, 0.717) is 0 Å². The van der Waals surface area contributed by atoms with E-state index in [0.717, 1.165) is 19.3 Å². The first-order chi connectivity index (χ1) is 7.88. The number of hydrogen-bond acceptors (Lipinski definition) is 0. The smallest absolute Gasteiger partial charge is 0.0184 e. The summed E-state index contributed by atoms with van der Waals surface area (Å²) in [5, 5.41) is 0. The lowest BCUT2D eigenvalue weighted by Gasteiger charge is -2.04. The normalized spacial score (nSPS) is 10.3. The van der Waals surface area contributed by atoms with E-state index in [1.54, 1.807) is 0 Å². The molecule has 0 unspecified atom stereocenters. The molecule has 2 rings (SSSR count). The Hall–Kier alpha value is -1.56. The molecule has 0 fully saturated rings. The zero-order valence-corrected chi connectivity index (χ0v) is 9.74. The van der Waals surface area contributed by atoms with Gasteiger partial charge in [0.05, 0.1) is 0 Å². The quantitative estimate of drug-likeness (QED) is 0.717. The summed E-state index contributed by atoms with van der Waals surface area (Å²) in [6.07, 6.45) is 3.35. The molecule has 2 aromatic rings. The molecule has 0 aliphatic heterocycles. The summed E-state index contributed by atoms with van der Waals surface area (Å²) < 4.78 is 0. The average Bonchev–Trinajstić information content (AvgIpc) is 2.38. The monoisotopic (exact) mass is 209 g/mol. The standard InChI is InChI=1S/C16H17/c1-2-14-9-6-10-16(13-14)12-11-15-7-4-3-5-8-15/h4-10,13H,2,11-12H2,1H3. The molecule has 0 heterocycles. The fraction of sp³-hybridized carbons (Fsp3) is 0.250. The third-order valence-corrected chi connectivity index (χ3v) is 2.89. The molecule has 0 bridgehead atoms. The number of hydrogen-bond donors (Lipinski definition) is 0. The molecular weight excluding hydrogens is 192 g/mol.